The summed E-state index contributed by atoms with van der Waals surface area (Å²) < 4.78 is 13.6. The standard InChI is InChI=1S/C30H36FN3O2/c1-21(22-11-8-7-9-12-22)34(28(35)19-30(2,3)4)20-24-18-26(15-16-27(24)33(5)6)32-29(36)23-13-10-14-25(31)17-23/h7-18,21H,19-20H2,1-6H3,(H,32,36). The molecule has 6 heteroatoms. The monoisotopic (exact) mass is 489 g/mol. The minimum Gasteiger partial charge on any atom is -0.377 e. The summed E-state index contributed by atoms with van der Waals surface area (Å²) in [7, 11) is 3.90. The number of amides is 2. The summed E-state index contributed by atoms with van der Waals surface area (Å²) in [5.41, 5.74) is 3.58. The first-order valence-electron chi connectivity index (χ1n) is 12.2. The van der Waals surface area contributed by atoms with E-state index < -0.39 is 11.7 Å². The van der Waals surface area contributed by atoms with Crippen LogP contribution in [0.2, 0.25) is 0 Å². The molecule has 3 aromatic carbocycles. The van der Waals surface area contributed by atoms with Crippen molar-refractivity contribution in [1.29, 1.82) is 0 Å². The summed E-state index contributed by atoms with van der Waals surface area (Å²) in [5.74, 6) is -0.789. The number of hydrogen-bond donors (Lipinski definition) is 1. The van der Waals surface area contributed by atoms with E-state index in [9.17, 15) is 14.0 Å². The third-order valence-electron chi connectivity index (χ3n) is 6.00. The Morgan fingerprint density at radius 2 is 1.64 bits per heavy atom. The lowest BCUT2D eigenvalue weighted by Crippen LogP contribution is -2.35. The number of nitrogens with one attached hydrogen (secondary N) is 1. The Morgan fingerprint density at radius 3 is 2.25 bits per heavy atom. The molecule has 0 heterocycles. The first-order valence-corrected chi connectivity index (χ1v) is 12.2. The fourth-order valence-corrected chi connectivity index (χ4v) is 4.15. The third-order valence-corrected chi connectivity index (χ3v) is 6.00. The van der Waals surface area contributed by atoms with Gasteiger partial charge in [-0.05, 0) is 59.9 Å². The van der Waals surface area contributed by atoms with Crippen molar-refractivity contribution in [2.24, 2.45) is 5.41 Å². The molecule has 1 N–H and O–H groups in total. The van der Waals surface area contributed by atoms with Gasteiger partial charge in [0.25, 0.3) is 5.91 Å². The van der Waals surface area contributed by atoms with Crippen LogP contribution in [0.3, 0.4) is 0 Å². The Bertz CT molecular complexity index is 1200. The molecule has 0 radical (unpaired) electrons. The molecule has 0 aliphatic rings. The van der Waals surface area contributed by atoms with Crippen LogP contribution in [0.25, 0.3) is 0 Å². The van der Waals surface area contributed by atoms with E-state index in [1.165, 1.54) is 18.2 Å². The van der Waals surface area contributed by atoms with Crippen LogP contribution in [0.1, 0.15) is 61.6 Å². The Kier molecular flexibility index (Phi) is 8.51. The van der Waals surface area contributed by atoms with Crippen LogP contribution >= 0.6 is 0 Å². The number of nitrogens with zero attached hydrogens (tertiary/aromatic N) is 2. The number of anilines is 2. The van der Waals surface area contributed by atoms with Gasteiger partial charge in [-0.25, -0.2) is 4.39 Å². The van der Waals surface area contributed by atoms with Gasteiger partial charge in [0, 0.05) is 44.0 Å². The fraction of sp³-hybridized carbons (Fsp3) is 0.333. The van der Waals surface area contributed by atoms with E-state index in [4.69, 9.17) is 0 Å². The van der Waals surface area contributed by atoms with E-state index in [2.05, 4.69) is 26.1 Å². The van der Waals surface area contributed by atoms with Gasteiger partial charge in [0.15, 0.2) is 0 Å². The Morgan fingerprint density at radius 1 is 0.944 bits per heavy atom. The summed E-state index contributed by atoms with van der Waals surface area (Å²) >= 11 is 0. The lowest BCUT2D eigenvalue weighted by atomic mass is 9.91. The second-order valence-corrected chi connectivity index (χ2v) is 10.5. The first-order chi connectivity index (χ1) is 16.9. The molecule has 3 aromatic rings. The molecule has 3 rings (SSSR count). The van der Waals surface area contributed by atoms with Gasteiger partial charge in [0.1, 0.15) is 5.82 Å². The molecule has 0 fully saturated rings. The van der Waals surface area contributed by atoms with Crippen LogP contribution in [-0.2, 0) is 11.3 Å². The molecule has 36 heavy (non-hydrogen) atoms. The Balaban J connectivity index is 1.96. The van der Waals surface area contributed by atoms with Gasteiger partial charge >= 0.3 is 0 Å². The Labute approximate surface area is 213 Å². The highest BCUT2D eigenvalue weighted by Crippen LogP contribution is 2.31. The topological polar surface area (TPSA) is 52.7 Å². The highest BCUT2D eigenvalue weighted by Gasteiger charge is 2.27. The number of benzene rings is 3. The minimum atomic E-state index is -0.464. The smallest absolute Gasteiger partial charge is 0.255 e. The molecule has 0 aliphatic carbocycles. The third kappa shape index (κ3) is 7.17. The number of halogens is 1. The zero-order valence-corrected chi connectivity index (χ0v) is 22.0. The zero-order valence-electron chi connectivity index (χ0n) is 22.0. The molecule has 5 nitrogen and oxygen atoms in total. The van der Waals surface area contributed by atoms with Crippen LogP contribution in [0.15, 0.2) is 72.8 Å². The van der Waals surface area contributed by atoms with Gasteiger partial charge in [-0.2, -0.15) is 0 Å². The van der Waals surface area contributed by atoms with E-state index in [1.54, 1.807) is 6.07 Å². The fourth-order valence-electron chi connectivity index (χ4n) is 4.15. The van der Waals surface area contributed by atoms with E-state index in [1.807, 2.05) is 79.3 Å². The molecule has 2 amide bonds. The van der Waals surface area contributed by atoms with E-state index in [-0.39, 0.29) is 22.9 Å². The maximum atomic E-state index is 13.6. The molecule has 190 valence electrons. The summed E-state index contributed by atoms with van der Waals surface area (Å²) in [5, 5.41) is 2.87. The normalized spacial score (nSPS) is 12.1. The van der Waals surface area contributed by atoms with Crippen molar-refractivity contribution in [3.05, 3.63) is 95.3 Å². The lowest BCUT2D eigenvalue weighted by Gasteiger charge is -2.33. The predicted molar refractivity (Wildman–Crippen MR) is 145 cm³/mol. The maximum absolute atomic E-state index is 13.6. The molecule has 1 unspecified atom stereocenters. The first kappa shape index (κ1) is 26.9. The van der Waals surface area contributed by atoms with E-state index in [0.29, 0.717) is 18.7 Å². The molecule has 0 bridgehead atoms. The molecule has 0 saturated carbocycles. The largest absolute Gasteiger partial charge is 0.377 e. The second-order valence-electron chi connectivity index (χ2n) is 10.5. The van der Waals surface area contributed by atoms with Crippen LogP contribution in [0, 0.1) is 11.2 Å². The van der Waals surface area contributed by atoms with Crippen molar-refractivity contribution in [3.63, 3.8) is 0 Å². The Hall–Kier alpha value is -3.67. The SMILES string of the molecule is CC(c1ccccc1)N(Cc1cc(NC(=O)c2cccc(F)c2)ccc1N(C)C)C(=O)CC(C)(C)C. The number of carbonyl (C=O) groups excluding carboxylic acids is 2. The van der Waals surface area contributed by atoms with Crippen molar-refractivity contribution in [3.8, 4) is 0 Å². The quantitative estimate of drug-likeness (QED) is 0.384. The van der Waals surface area contributed by atoms with Crippen molar-refractivity contribution >= 4 is 23.2 Å². The molecular formula is C30H36FN3O2. The van der Waals surface area contributed by atoms with Crippen molar-refractivity contribution < 1.29 is 14.0 Å². The highest BCUT2D eigenvalue weighted by molar-refractivity contribution is 6.04. The predicted octanol–water partition coefficient (Wildman–Crippen LogP) is 6.67. The molecule has 0 aliphatic heterocycles. The number of rotatable bonds is 8. The second kappa shape index (κ2) is 11.4. The van der Waals surface area contributed by atoms with Gasteiger partial charge in [0.05, 0.1) is 6.04 Å². The van der Waals surface area contributed by atoms with Gasteiger partial charge in [0.2, 0.25) is 5.91 Å². The maximum Gasteiger partial charge on any atom is 0.255 e. The zero-order chi connectivity index (χ0) is 26.5. The summed E-state index contributed by atoms with van der Waals surface area (Å²) in [6.45, 7) is 8.60. The van der Waals surface area contributed by atoms with Crippen molar-refractivity contribution in [1.82, 2.24) is 4.90 Å². The minimum absolute atomic E-state index is 0.0674. The number of carbonyl (C=O) groups is 2. The van der Waals surface area contributed by atoms with E-state index in [0.717, 1.165) is 16.8 Å². The van der Waals surface area contributed by atoms with Crippen molar-refractivity contribution in [2.45, 2.75) is 46.7 Å². The van der Waals surface area contributed by atoms with E-state index >= 15 is 0 Å². The average Bonchev–Trinajstić information content (AvgIpc) is 2.81. The van der Waals surface area contributed by atoms with Gasteiger partial charge in [-0.3, -0.25) is 9.59 Å². The highest BCUT2D eigenvalue weighted by atomic mass is 19.1. The van der Waals surface area contributed by atoms with Crippen LogP contribution in [0.5, 0.6) is 0 Å². The van der Waals surface area contributed by atoms with Crippen LogP contribution in [-0.4, -0.2) is 30.8 Å². The summed E-state index contributed by atoms with van der Waals surface area (Å²) in [6, 6.07) is 21.1. The van der Waals surface area contributed by atoms with Gasteiger partial charge in [-0.1, -0.05) is 57.2 Å². The molecule has 1 atom stereocenters. The van der Waals surface area contributed by atoms with Gasteiger partial charge < -0.3 is 15.1 Å². The molecule has 0 spiro atoms. The molecule has 0 saturated heterocycles. The van der Waals surface area contributed by atoms with Crippen LogP contribution < -0.4 is 10.2 Å². The average molecular weight is 490 g/mol. The summed E-state index contributed by atoms with van der Waals surface area (Å²) in [6.07, 6.45) is 0.414. The molecular weight excluding hydrogens is 453 g/mol. The van der Waals surface area contributed by atoms with Crippen molar-refractivity contribution in [2.75, 3.05) is 24.3 Å². The van der Waals surface area contributed by atoms with Crippen LogP contribution in [0.4, 0.5) is 15.8 Å². The molecule has 0 aromatic heterocycles. The summed E-state index contributed by atoms with van der Waals surface area (Å²) in [4.78, 5) is 30.2. The van der Waals surface area contributed by atoms with Gasteiger partial charge in [-0.15, -0.1) is 0 Å². The lowest BCUT2D eigenvalue weighted by molar-refractivity contribution is -0.136. The number of hydrogen-bond acceptors (Lipinski definition) is 3.